The van der Waals surface area contributed by atoms with E-state index in [1.54, 1.807) is 10.9 Å². The van der Waals surface area contributed by atoms with Crippen molar-refractivity contribution in [2.24, 2.45) is 7.05 Å². The Balaban J connectivity index is 2.12. The first kappa shape index (κ1) is 10.7. The van der Waals surface area contributed by atoms with Gasteiger partial charge in [0, 0.05) is 13.2 Å². The van der Waals surface area contributed by atoms with E-state index in [9.17, 15) is 0 Å². The maximum atomic E-state index is 6.18. The topological polar surface area (TPSA) is 48.8 Å². The van der Waals surface area contributed by atoms with Crippen molar-refractivity contribution in [3.8, 4) is 16.9 Å². The van der Waals surface area contributed by atoms with E-state index < -0.39 is 0 Å². The molecule has 3 aromatic rings. The largest absolute Gasteiger partial charge is 0.383 e. The molecule has 2 aromatic heterocycles. The first-order valence-corrected chi connectivity index (χ1v) is 5.78. The van der Waals surface area contributed by atoms with Crippen LogP contribution in [0.4, 0.5) is 5.82 Å². The normalized spacial score (nSPS) is 10.7. The van der Waals surface area contributed by atoms with Crippen LogP contribution in [0.1, 0.15) is 0 Å². The molecule has 4 nitrogen and oxygen atoms in total. The van der Waals surface area contributed by atoms with Gasteiger partial charge in [-0.25, -0.2) is 4.68 Å². The van der Waals surface area contributed by atoms with Crippen molar-refractivity contribution in [3.05, 3.63) is 54.9 Å². The van der Waals surface area contributed by atoms with Crippen LogP contribution in [0, 0.1) is 0 Å². The van der Waals surface area contributed by atoms with Crippen molar-refractivity contribution < 1.29 is 0 Å². The molecule has 2 N–H and O–H groups in total. The van der Waals surface area contributed by atoms with E-state index in [2.05, 4.69) is 5.10 Å². The highest BCUT2D eigenvalue weighted by atomic mass is 15.3. The third-order valence-electron chi connectivity index (χ3n) is 3.03. The zero-order valence-corrected chi connectivity index (χ0v) is 10.1. The van der Waals surface area contributed by atoms with Crippen molar-refractivity contribution in [2.75, 3.05) is 5.73 Å². The summed E-state index contributed by atoms with van der Waals surface area (Å²) in [6.45, 7) is 0. The second-order valence-electron chi connectivity index (χ2n) is 4.20. The van der Waals surface area contributed by atoms with E-state index in [1.165, 1.54) is 0 Å². The fourth-order valence-electron chi connectivity index (χ4n) is 2.07. The van der Waals surface area contributed by atoms with Crippen molar-refractivity contribution in [1.82, 2.24) is 14.3 Å². The van der Waals surface area contributed by atoms with Crippen LogP contribution in [0.5, 0.6) is 0 Å². The first-order valence-electron chi connectivity index (χ1n) is 5.78. The minimum absolute atomic E-state index is 0.656. The van der Waals surface area contributed by atoms with Gasteiger partial charge in [-0.2, -0.15) is 5.10 Å². The maximum absolute atomic E-state index is 6.18. The van der Waals surface area contributed by atoms with E-state index in [-0.39, 0.29) is 0 Å². The predicted octanol–water partition coefficient (Wildman–Crippen LogP) is 2.46. The average Bonchev–Trinajstić information content (AvgIpc) is 2.96. The summed E-state index contributed by atoms with van der Waals surface area (Å²) in [5.41, 5.74) is 9.17. The van der Waals surface area contributed by atoms with Gasteiger partial charge in [0.05, 0.1) is 23.1 Å². The number of aryl methyl sites for hydroxylation is 1. The van der Waals surface area contributed by atoms with Gasteiger partial charge >= 0.3 is 0 Å². The first-order chi connectivity index (χ1) is 8.77. The Morgan fingerprint density at radius 3 is 2.50 bits per heavy atom. The zero-order valence-electron chi connectivity index (χ0n) is 10.1. The van der Waals surface area contributed by atoms with Gasteiger partial charge in [-0.05, 0) is 24.3 Å². The van der Waals surface area contributed by atoms with E-state index in [1.807, 2.05) is 60.3 Å². The van der Waals surface area contributed by atoms with Gasteiger partial charge < -0.3 is 10.3 Å². The molecular formula is C14H14N4. The molecule has 0 saturated heterocycles. The average molecular weight is 238 g/mol. The summed E-state index contributed by atoms with van der Waals surface area (Å²) < 4.78 is 3.78. The molecule has 18 heavy (non-hydrogen) atoms. The van der Waals surface area contributed by atoms with Crippen LogP contribution in [0.15, 0.2) is 54.9 Å². The number of nitrogen functional groups attached to an aromatic ring is 1. The number of para-hydroxylation sites is 1. The molecule has 0 spiro atoms. The Bertz CT molecular complexity index is 664. The Morgan fingerprint density at radius 2 is 1.83 bits per heavy atom. The highest BCUT2D eigenvalue weighted by molar-refractivity contribution is 5.72. The lowest BCUT2D eigenvalue weighted by molar-refractivity contribution is 0.891. The van der Waals surface area contributed by atoms with Crippen LogP contribution in [-0.4, -0.2) is 14.3 Å². The molecule has 0 aliphatic carbocycles. The number of benzene rings is 1. The minimum atomic E-state index is 0.656. The van der Waals surface area contributed by atoms with Gasteiger partial charge in [0.25, 0.3) is 0 Å². The summed E-state index contributed by atoms with van der Waals surface area (Å²) in [6.07, 6.45) is 3.80. The maximum Gasteiger partial charge on any atom is 0.136 e. The van der Waals surface area contributed by atoms with Crippen molar-refractivity contribution in [2.45, 2.75) is 0 Å². The van der Waals surface area contributed by atoms with Gasteiger partial charge in [-0.1, -0.05) is 18.2 Å². The van der Waals surface area contributed by atoms with E-state index in [0.717, 1.165) is 16.9 Å². The van der Waals surface area contributed by atoms with Crippen LogP contribution in [0.2, 0.25) is 0 Å². The molecule has 1 aromatic carbocycles. The molecule has 0 fully saturated rings. The number of nitrogens with two attached hydrogens (primary N) is 1. The highest BCUT2D eigenvalue weighted by Gasteiger charge is 2.12. The molecule has 90 valence electrons. The molecule has 0 saturated carbocycles. The lowest BCUT2D eigenvalue weighted by Crippen LogP contribution is -2.02. The number of hydrogen-bond donors (Lipinski definition) is 1. The molecule has 0 aliphatic heterocycles. The van der Waals surface area contributed by atoms with Gasteiger partial charge in [0.1, 0.15) is 5.82 Å². The summed E-state index contributed by atoms with van der Waals surface area (Å²) in [7, 11) is 1.99. The van der Waals surface area contributed by atoms with Crippen LogP contribution in [0.3, 0.4) is 0 Å². The van der Waals surface area contributed by atoms with Gasteiger partial charge in [-0.3, -0.25) is 0 Å². The SMILES string of the molecule is Cn1cccc1-c1cnn(-c2ccccc2)c1N. The molecule has 0 radical (unpaired) electrons. The van der Waals surface area contributed by atoms with Gasteiger partial charge in [0.2, 0.25) is 0 Å². The van der Waals surface area contributed by atoms with Crippen LogP contribution in [-0.2, 0) is 7.05 Å². The Labute approximate surface area is 105 Å². The fourth-order valence-corrected chi connectivity index (χ4v) is 2.07. The molecule has 0 atom stereocenters. The summed E-state index contributed by atoms with van der Waals surface area (Å²) in [6, 6.07) is 13.9. The summed E-state index contributed by atoms with van der Waals surface area (Å²) in [5.74, 6) is 0.656. The monoisotopic (exact) mass is 238 g/mol. The van der Waals surface area contributed by atoms with Gasteiger partial charge in [-0.15, -0.1) is 0 Å². The fraction of sp³-hybridized carbons (Fsp3) is 0.0714. The van der Waals surface area contributed by atoms with Crippen LogP contribution < -0.4 is 5.73 Å². The van der Waals surface area contributed by atoms with Crippen LogP contribution in [0.25, 0.3) is 16.9 Å². The second kappa shape index (κ2) is 4.07. The second-order valence-corrected chi connectivity index (χ2v) is 4.20. The Kier molecular flexibility index (Phi) is 2.41. The molecule has 0 unspecified atom stereocenters. The molecule has 0 amide bonds. The number of aromatic nitrogens is 3. The molecule has 0 aliphatic rings. The lowest BCUT2D eigenvalue weighted by Gasteiger charge is -2.05. The Hall–Kier alpha value is -2.49. The quantitative estimate of drug-likeness (QED) is 0.745. The Morgan fingerprint density at radius 1 is 1.06 bits per heavy atom. The third-order valence-corrected chi connectivity index (χ3v) is 3.03. The highest BCUT2D eigenvalue weighted by Crippen LogP contribution is 2.27. The number of nitrogens with zero attached hydrogens (tertiary/aromatic N) is 3. The summed E-state index contributed by atoms with van der Waals surface area (Å²) in [5, 5.41) is 4.36. The molecular weight excluding hydrogens is 224 g/mol. The summed E-state index contributed by atoms with van der Waals surface area (Å²) in [4.78, 5) is 0. The van der Waals surface area contributed by atoms with Crippen molar-refractivity contribution in [3.63, 3.8) is 0 Å². The predicted molar refractivity (Wildman–Crippen MR) is 72.4 cm³/mol. The smallest absolute Gasteiger partial charge is 0.136 e. The minimum Gasteiger partial charge on any atom is -0.383 e. The summed E-state index contributed by atoms with van der Waals surface area (Å²) >= 11 is 0. The van der Waals surface area contributed by atoms with Crippen LogP contribution >= 0.6 is 0 Å². The van der Waals surface area contributed by atoms with Crippen molar-refractivity contribution in [1.29, 1.82) is 0 Å². The van der Waals surface area contributed by atoms with Crippen molar-refractivity contribution >= 4 is 5.82 Å². The zero-order chi connectivity index (χ0) is 12.5. The molecule has 3 rings (SSSR count). The number of rotatable bonds is 2. The molecule has 2 heterocycles. The molecule has 0 bridgehead atoms. The third kappa shape index (κ3) is 1.59. The molecule has 4 heteroatoms. The number of hydrogen-bond acceptors (Lipinski definition) is 2. The standard InChI is InChI=1S/C14H14N4/c1-17-9-5-8-13(17)12-10-16-18(14(12)15)11-6-3-2-4-7-11/h2-10H,15H2,1H3. The van der Waals surface area contributed by atoms with E-state index >= 15 is 0 Å². The lowest BCUT2D eigenvalue weighted by atomic mass is 10.2. The van der Waals surface area contributed by atoms with E-state index in [4.69, 9.17) is 5.73 Å². The number of anilines is 1. The van der Waals surface area contributed by atoms with Gasteiger partial charge in [0.15, 0.2) is 0 Å². The van der Waals surface area contributed by atoms with E-state index in [0.29, 0.717) is 5.82 Å².